The molecular weight excluding hydrogens is 327 g/mol. The zero-order valence-electron chi connectivity index (χ0n) is 12.6. The fourth-order valence-electron chi connectivity index (χ4n) is 2.86. The minimum atomic E-state index is -0.461. The first kappa shape index (κ1) is 21.2. The molecule has 22 heavy (non-hydrogen) atoms. The number of nitrogens with two attached hydrogens (primary N) is 1. The van der Waals surface area contributed by atoms with E-state index in [4.69, 9.17) is 10.8 Å². The molecule has 8 heteroatoms. The van der Waals surface area contributed by atoms with Crippen molar-refractivity contribution in [1.82, 2.24) is 14.9 Å². The average molecular weight is 353 g/mol. The van der Waals surface area contributed by atoms with Gasteiger partial charge in [-0.05, 0) is 18.8 Å². The lowest BCUT2D eigenvalue weighted by Crippen LogP contribution is -2.48. The highest BCUT2D eigenvalue weighted by Crippen LogP contribution is 2.26. The van der Waals surface area contributed by atoms with E-state index in [9.17, 15) is 4.79 Å². The van der Waals surface area contributed by atoms with Crippen molar-refractivity contribution in [3.8, 4) is 0 Å². The van der Waals surface area contributed by atoms with E-state index in [0.29, 0.717) is 18.9 Å². The highest BCUT2D eigenvalue weighted by molar-refractivity contribution is 5.85. The minimum absolute atomic E-state index is 0. The molecule has 1 aliphatic carbocycles. The second kappa shape index (κ2) is 10.8. The van der Waals surface area contributed by atoms with Crippen molar-refractivity contribution in [2.24, 2.45) is 11.7 Å². The third-order valence-electron chi connectivity index (χ3n) is 4.02. The number of aromatic nitrogens is 2. The van der Waals surface area contributed by atoms with Gasteiger partial charge in [0.05, 0.1) is 19.2 Å². The van der Waals surface area contributed by atoms with Crippen molar-refractivity contribution < 1.29 is 9.90 Å². The Balaban J connectivity index is 0.00000220. The van der Waals surface area contributed by atoms with Crippen molar-refractivity contribution in [1.29, 1.82) is 0 Å². The van der Waals surface area contributed by atoms with Crippen LogP contribution in [0.3, 0.4) is 0 Å². The number of nitrogens with zero attached hydrogens (tertiary/aromatic N) is 2. The highest BCUT2D eigenvalue weighted by Gasteiger charge is 2.29. The van der Waals surface area contributed by atoms with Gasteiger partial charge in [0, 0.05) is 18.9 Å². The summed E-state index contributed by atoms with van der Waals surface area (Å²) in [7, 11) is 0. The van der Waals surface area contributed by atoms with Gasteiger partial charge in [-0.25, -0.2) is 4.98 Å². The average Bonchev–Trinajstić information content (AvgIpc) is 2.99. The van der Waals surface area contributed by atoms with Crippen LogP contribution in [0, 0.1) is 5.92 Å². The smallest absolute Gasteiger partial charge is 0.240 e. The first-order valence-corrected chi connectivity index (χ1v) is 7.36. The molecule has 0 radical (unpaired) electrons. The van der Waals surface area contributed by atoms with E-state index in [0.717, 1.165) is 25.7 Å². The third-order valence-corrected chi connectivity index (χ3v) is 4.02. The number of carbonyl (C=O) groups excluding carboxylic acids is 1. The zero-order valence-corrected chi connectivity index (χ0v) is 14.2. The number of rotatable bonds is 6. The van der Waals surface area contributed by atoms with Crippen LogP contribution in [0.5, 0.6) is 0 Å². The van der Waals surface area contributed by atoms with Crippen LogP contribution in [0.4, 0.5) is 0 Å². The lowest BCUT2D eigenvalue weighted by molar-refractivity contribution is -0.135. The van der Waals surface area contributed by atoms with Crippen LogP contribution in [-0.4, -0.2) is 45.1 Å². The van der Waals surface area contributed by atoms with Gasteiger partial charge >= 0.3 is 0 Å². The summed E-state index contributed by atoms with van der Waals surface area (Å²) in [4.78, 5) is 21.2. The Morgan fingerprint density at radius 3 is 2.64 bits per heavy atom. The Kier molecular flexibility index (Phi) is 10.4. The molecule has 0 aromatic carbocycles. The Morgan fingerprint density at radius 1 is 1.41 bits per heavy atom. The molecule has 0 aliphatic heterocycles. The van der Waals surface area contributed by atoms with E-state index in [1.54, 1.807) is 17.3 Å². The van der Waals surface area contributed by atoms with E-state index in [1.165, 1.54) is 6.42 Å². The quantitative estimate of drug-likeness (QED) is 0.722. The van der Waals surface area contributed by atoms with E-state index >= 15 is 0 Å². The van der Waals surface area contributed by atoms with Crippen LogP contribution in [-0.2, 0) is 11.3 Å². The molecule has 4 N–H and O–H groups in total. The Bertz CT molecular complexity index is 411. The number of halogens is 2. The number of aromatic amines is 1. The van der Waals surface area contributed by atoms with Gasteiger partial charge in [-0.3, -0.25) is 4.79 Å². The number of aliphatic hydroxyl groups excluding tert-OH is 1. The third kappa shape index (κ3) is 5.76. The van der Waals surface area contributed by atoms with Gasteiger partial charge in [0.25, 0.3) is 0 Å². The fraction of sp³-hybridized carbons (Fsp3) is 0.714. The van der Waals surface area contributed by atoms with Gasteiger partial charge < -0.3 is 20.7 Å². The predicted molar refractivity (Wildman–Crippen MR) is 90.1 cm³/mol. The summed E-state index contributed by atoms with van der Waals surface area (Å²) in [5, 5.41) is 9.14. The highest BCUT2D eigenvalue weighted by atomic mass is 35.5. The molecule has 128 valence electrons. The number of hydrogen-bond acceptors (Lipinski definition) is 4. The van der Waals surface area contributed by atoms with Gasteiger partial charge in [-0.1, -0.05) is 19.3 Å². The predicted octanol–water partition coefficient (Wildman–Crippen LogP) is 1.48. The van der Waals surface area contributed by atoms with Crippen molar-refractivity contribution in [3.63, 3.8) is 0 Å². The molecule has 1 saturated carbocycles. The molecule has 2 rings (SSSR count). The van der Waals surface area contributed by atoms with Crippen LogP contribution < -0.4 is 5.73 Å². The normalized spacial score (nSPS) is 16.3. The number of imidazole rings is 1. The summed E-state index contributed by atoms with van der Waals surface area (Å²) < 4.78 is 0. The lowest BCUT2D eigenvalue weighted by Gasteiger charge is -2.31. The topological polar surface area (TPSA) is 95.2 Å². The van der Waals surface area contributed by atoms with E-state index in [1.807, 2.05) is 0 Å². The molecule has 0 unspecified atom stereocenters. The summed E-state index contributed by atoms with van der Waals surface area (Å²) in [6.07, 6.45) is 8.98. The standard InChI is InChI=1S/C14H24N4O2.2ClH/c15-13(11-4-2-1-3-5-11)14(20)18(8-9-19)10-12-16-6-7-17-12;;/h6-7,11,13,19H,1-5,8-10,15H2,(H,16,17);2*1H/t13-;;/m0../s1. The molecule has 1 atom stereocenters. The van der Waals surface area contributed by atoms with E-state index in [2.05, 4.69) is 9.97 Å². The van der Waals surface area contributed by atoms with Crippen molar-refractivity contribution in [3.05, 3.63) is 18.2 Å². The molecular formula is C14H26Cl2N4O2. The van der Waals surface area contributed by atoms with Gasteiger partial charge in [-0.15, -0.1) is 24.8 Å². The van der Waals surface area contributed by atoms with Gasteiger partial charge in [0.2, 0.25) is 5.91 Å². The first-order chi connectivity index (χ1) is 9.72. The Labute approximate surface area is 143 Å². The number of hydrogen-bond donors (Lipinski definition) is 3. The number of aliphatic hydroxyl groups is 1. The van der Waals surface area contributed by atoms with Crippen LogP contribution in [0.2, 0.25) is 0 Å². The summed E-state index contributed by atoms with van der Waals surface area (Å²) >= 11 is 0. The molecule has 1 aromatic rings. The molecule has 1 amide bonds. The summed E-state index contributed by atoms with van der Waals surface area (Å²) in [6, 6.07) is -0.461. The maximum Gasteiger partial charge on any atom is 0.240 e. The monoisotopic (exact) mass is 352 g/mol. The Hall–Kier alpha value is -0.820. The van der Waals surface area contributed by atoms with Crippen molar-refractivity contribution >= 4 is 30.7 Å². The van der Waals surface area contributed by atoms with Crippen LogP contribution in [0.1, 0.15) is 37.9 Å². The number of nitrogens with one attached hydrogen (secondary N) is 1. The van der Waals surface area contributed by atoms with Crippen molar-refractivity contribution in [2.45, 2.75) is 44.7 Å². The van der Waals surface area contributed by atoms with E-state index in [-0.39, 0.29) is 43.2 Å². The zero-order chi connectivity index (χ0) is 14.4. The molecule has 0 bridgehead atoms. The molecule has 1 aliphatic rings. The van der Waals surface area contributed by atoms with Crippen LogP contribution in [0.15, 0.2) is 12.4 Å². The minimum Gasteiger partial charge on any atom is -0.395 e. The first-order valence-electron chi connectivity index (χ1n) is 7.36. The van der Waals surface area contributed by atoms with Gasteiger partial charge in [-0.2, -0.15) is 0 Å². The Morgan fingerprint density at radius 2 is 2.09 bits per heavy atom. The maximum atomic E-state index is 12.5. The second-order valence-corrected chi connectivity index (χ2v) is 5.44. The number of H-pyrrole nitrogens is 1. The van der Waals surface area contributed by atoms with Crippen LogP contribution >= 0.6 is 24.8 Å². The second-order valence-electron chi connectivity index (χ2n) is 5.44. The lowest BCUT2D eigenvalue weighted by atomic mass is 9.84. The van der Waals surface area contributed by atoms with Gasteiger partial charge in [0.1, 0.15) is 5.82 Å². The van der Waals surface area contributed by atoms with Crippen LogP contribution in [0.25, 0.3) is 0 Å². The maximum absolute atomic E-state index is 12.5. The van der Waals surface area contributed by atoms with E-state index < -0.39 is 6.04 Å². The molecule has 1 aromatic heterocycles. The number of carbonyl (C=O) groups is 1. The van der Waals surface area contributed by atoms with Gasteiger partial charge in [0.15, 0.2) is 0 Å². The molecule has 1 heterocycles. The summed E-state index contributed by atoms with van der Waals surface area (Å²) in [6.45, 7) is 0.594. The molecule has 0 spiro atoms. The number of amides is 1. The molecule has 0 saturated heterocycles. The summed E-state index contributed by atoms with van der Waals surface area (Å²) in [5.41, 5.74) is 6.15. The molecule has 1 fully saturated rings. The largest absolute Gasteiger partial charge is 0.395 e. The summed E-state index contributed by atoms with van der Waals surface area (Å²) in [5.74, 6) is 0.902. The fourth-order valence-corrected chi connectivity index (χ4v) is 2.86. The molecule has 6 nitrogen and oxygen atoms in total. The van der Waals surface area contributed by atoms with Crippen molar-refractivity contribution in [2.75, 3.05) is 13.2 Å². The SMILES string of the molecule is Cl.Cl.N[C@H](C(=O)N(CCO)Cc1ncc[nH]1)C1CCCCC1.